The molecule has 1 amide bonds. The molecule has 25 heavy (non-hydrogen) atoms. The normalized spacial score (nSPS) is 10.6. The van der Waals surface area contributed by atoms with Crippen molar-refractivity contribution in [2.24, 2.45) is 5.16 Å². The fraction of sp³-hybridized carbons (Fsp3) is 0.111. The molecule has 0 aromatic heterocycles. The molecule has 0 saturated carbocycles. The van der Waals surface area contributed by atoms with E-state index in [1.807, 2.05) is 30.3 Å². The lowest BCUT2D eigenvalue weighted by atomic mass is 10.1. The molecule has 0 radical (unpaired) electrons. The predicted octanol–water partition coefficient (Wildman–Crippen LogP) is 2.84. The first-order chi connectivity index (χ1) is 12.1. The molecule has 0 aliphatic heterocycles. The summed E-state index contributed by atoms with van der Waals surface area (Å²) in [6.07, 6.45) is 0. The Balaban J connectivity index is 1.86. The molecule has 0 bridgehead atoms. The van der Waals surface area contributed by atoms with Crippen LogP contribution in [0.15, 0.2) is 64.2 Å². The third-order valence-electron chi connectivity index (χ3n) is 3.13. The highest BCUT2D eigenvalue weighted by Gasteiger charge is 2.12. The lowest BCUT2D eigenvalue weighted by Crippen LogP contribution is -2.30. The van der Waals surface area contributed by atoms with E-state index in [0.717, 1.165) is 10.0 Å². The molecular weight excluding hydrogens is 386 g/mol. The van der Waals surface area contributed by atoms with Crippen molar-refractivity contribution in [3.63, 3.8) is 0 Å². The number of carbonyl (C=O) groups excluding carboxylic acids is 2. The summed E-state index contributed by atoms with van der Waals surface area (Å²) in [5.41, 5.74) is 0.893. The summed E-state index contributed by atoms with van der Waals surface area (Å²) >= 11 is 3.28. The Morgan fingerprint density at radius 2 is 1.80 bits per heavy atom. The summed E-state index contributed by atoms with van der Waals surface area (Å²) in [4.78, 5) is 28.7. The maximum atomic E-state index is 11.9. The summed E-state index contributed by atoms with van der Waals surface area (Å²) in [5.74, 6) is -0.972. The first kappa shape index (κ1) is 18.4. The van der Waals surface area contributed by atoms with Gasteiger partial charge < -0.3 is 10.2 Å². The van der Waals surface area contributed by atoms with Gasteiger partial charge in [-0.3, -0.25) is 9.59 Å². The van der Waals surface area contributed by atoms with Gasteiger partial charge in [0.2, 0.25) is 11.5 Å². The van der Waals surface area contributed by atoms with Crippen molar-refractivity contribution in [2.45, 2.75) is 6.54 Å². The molecule has 1 N–H and O–H groups in total. The molecule has 126 valence electrons. The topological polar surface area (TPSA) is 91.5 Å². The lowest BCUT2D eigenvalue weighted by molar-refractivity contribution is -0.115. The van der Waals surface area contributed by atoms with E-state index in [0.29, 0.717) is 5.56 Å². The number of halogens is 1. The molecule has 2 aromatic carbocycles. The molecular formula is C18H14BrN3O3. The minimum absolute atomic E-state index is 0.262. The second kappa shape index (κ2) is 9.35. The van der Waals surface area contributed by atoms with Crippen LogP contribution in [-0.4, -0.2) is 24.0 Å². The molecule has 0 aliphatic rings. The van der Waals surface area contributed by atoms with E-state index in [4.69, 9.17) is 10.1 Å². The molecule has 0 atom stereocenters. The maximum absolute atomic E-state index is 11.9. The van der Waals surface area contributed by atoms with E-state index < -0.39 is 11.6 Å². The van der Waals surface area contributed by atoms with Crippen LogP contribution in [0.2, 0.25) is 0 Å². The van der Waals surface area contributed by atoms with Crippen molar-refractivity contribution in [1.82, 2.24) is 5.32 Å². The van der Waals surface area contributed by atoms with Crippen LogP contribution in [-0.2, 0) is 16.2 Å². The second-order valence-corrected chi connectivity index (χ2v) is 5.84. The number of nitrogens with zero attached hydrogens (tertiary/aromatic N) is 2. The van der Waals surface area contributed by atoms with Crippen LogP contribution < -0.4 is 5.32 Å². The van der Waals surface area contributed by atoms with E-state index in [1.165, 1.54) is 0 Å². The van der Waals surface area contributed by atoms with Crippen LogP contribution in [0.4, 0.5) is 0 Å². The van der Waals surface area contributed by atoms with E-state index in [1.54, 1.807) is 30.3 Å². The van der Waals surface area contributed by atoms with Crippen LogP contribution in [0.5, 0.6) is 0 Å². The van der Waals surface area contributed by atoms with Crippen molar-refractivity contribution in [3.8, 4) is 6.07 Å². The zero-order valence-corrected chi connectivity index (χ0v) is 14.7. The molecule has 0 unspecified atom stereocenters. The van der Waals surface area contributed by atoms with Gasteiger partial charge in [-0.05, 0) is 17.7 Å². The van der Waals surface area contributed by atoms with Crippen LogP contribution in [0.3, 0.4) is 0 Å². The molecule has 2 rings (SSSR count). The van der Waals surface area contributed by atoms with Crippen molar-refractivity contribution >= 4 is 33.3 Å². The number of benzene rings is 2. The maximum Gasteiger partial charge on any atom is 0.284 e. The van der Waals surface area contributed by atoms with Crippen LogP contribution in [0, 0.1) is 11.3 Å². The Bertz CT molecular complexity index is 812. The van der Waals surface area contributed by atoms with Crippen LogP contribution >= 0.6 is 15.9 Å². The summed E-state index contributed by atoms with van der Waals surface area (Å²) < 4.78 is 0.852. The van der Waals surface area contributed by atoms with Gasteiger partial charge in [0.15, 0.2) is 6.61 Å². The first-order valence-electron chi connectivity index (χ1n) is 7.31. The monoisotopic (exact) mass is 399 g/mol. The Hall–Kier alpha value is -2.98. The average Bonchev–Trinajstić information content (AvgIpc) is 2.64. The molecule has 7 heteroatoms. The Labute approximate surface area is 153 Å². The summed E-state index contributed by atoms with van der Waals surface area (Å²) in [7, 11) is 0. The van der Waals surface area contributed by atoms with Gasteiger partial charge in [-0.1, -0.05) is 63.6 Å². The minimum atomic E-state index is -0.664. The van der Waals surface area contributed by atoms with E-state index in [9.17, 15) is 9.59 Å². The summed E-state index contributed by atoms with van der Waals surface area (Å²) in [6, 6.07) is 17.6. The number of ketones is 1. The first-order valence-corrected chi connectivity index (χ1v) is 8.10. The highest BCUT2D eigenvalue weighted by atomic mass is 79.9. The number of hydrogen-bond donors (Lipinski definition) is 1. The Morgan fingerprint density at radius 1 is 1.12 bits per heavy atom. The molecule has 0 fully saturated rings. The molecule has 0 aliphatic carbocycles. The summed E-state index contributed by atoms with van der Waals surface area (Å²) in [6.45, 7) is -0.100. The predicted molar refractivity (Wildman–Crippen MR) is 95.8 cm³/mol. The lowest BCUT2D eigenvalue weighted by Gasteiger charge is -2.04. The second-order valence-electron chi connectivity index (χ2n) is 4.92. The fourth-order valence-electron chi connectivity index (χ4n) is 1.85. The van der Waals surface area contributed by atoms with Gasteiger partial charge >= 0.3 is 0 Å². The third-order valence-corrected chi connectivity index (χ3v) is 3.66. The quantitative estimate of drug-likeness (QED) is 0.440. The molecule has 2 aromatic rings. The van der Waals surface area contributed by atoms with E-state index >= 15 is 0 Å². The number of oxime groups is 1. The van der Waals surface area contributed by atoms with Crippen LogP contribution in [0.1, 0.15) is 15.9 Å². The Morgan fingerprint density at radius 3 is 2.44 bits per heavy atom. The van der Waals surface area contributed by atoms with Crippen LogP contribution in [0.25, 0.3) is 0 Å². The number of carbonyl (C=O) groups is 2. The molecule has 0 spiro atoms. The SMILES string of the molecule is N#CC(=NOCC(=O)c1ccc(Br)cc1)C(=O)NCc1ccccc1. The van der Waals surface area contributed by atoms with Crippen molar-refractivity contribution in [2.75, 3.05) is 6.61 Å². The summed E-state index contributed by atoms with van der Waals surface area (Å²) in [5, 5.41) is 15.0. The van der Waals surface area contributed by atoms with Gasteiger partial charge in [0.05, 0.1) is 0 Å². The smallest absolute Gasteiger partial charge is 0.284 e. The molecule has 6 nitrogen and oxygen atoms in total. The number of amides is 1. The Kier molecular flexibility index (Phi) is 6.87. The number of Topliss-reactive ketones (excluding diaryl/α,β-unsaturated/α-hetero) is 1. The highest BCUT2D eigenvalue weighted by Crippen LogP contribution is 2.11. The van der Waals surface area contributed by atoms with Gasteiger partial charge in [0.1, 0.15) is 6.07 Å². The third kappa shape index (κ3) is 5.86. The minimum Gasteiger partial charge on any atom is -0.386 e. The standard InChI is InChI=1S/C18H14BrN3O3/c19-15-8-6-14(7-9-15)17(23)12-25-22-16(10-20)18(24)21-11-13-4-2-1-3-5-13/h1-9H,11-12H2,(H,21,24). The number of nitrogens with one attached hydrogen (secondary N) is 1. The van der Waals surface area contributed by atoms with E-state index in [-0.39, 0.29) is 18.9 Å². The van der Waals surface area contributed by atoms with Crippen molar-refractivity contribution in [3.05, 3.63) is 70.2 Å². The van der Waals surface area contributed by atoms with Gasteiger partial charge in [0.25, 0.3) is 5.91 Å². The van der Waals surface area contributed by atoms with Gasteiger partial charge in [-0.2, -0.15) is 5.26 Å². The zero-order valence-electron chi connectivity index (χ0n) is 13.1. The highest BCUT2D eigenvalue weighted by molar-refractivity contribution is 9.10. The van der Waals surface area contributed by atoms with Gasteiger partial charge in [-0.25, -0.2) is 0 Å². The number of hydrogen-bond acceptors (Lipinski definition) is 5. The average molecular weight is 400 g/mol. The fourth-order valence-corrected chi connectivity index (χ4v) is 2.11. The zero-order chi connectivity index (χ0) is 18.1. The number of nitriles is 1. The van der Waals surface area contributed by atoms with Gasteiger partial charge in [0, 0.05) is 16.6 Å². The van der Waals surface area contributed by atoms with Crippen molar-refractivity contribution < 1.29 is 14.4 Å². The molecule has 0 heterocycles. The molecule has 0 saturated heterocycles. The van der Waals surface area contributed by atoms with Gasteiger partial charge in [-0.15, -0.1) is 0 Å². The number of rotatable bonds is 7. The van der Waals surface area contributed by atoms with Crippen molar-refractivity contribution in [1.29, 1.82) is 5.26 Å². The van der Waals surface area contributed by atoms with E-state index in [2.05, 4.69) is 26.4 Å². The largest absolute Gasteiger partial charge is 0.386 e.